The van der Waals surface area contributed by atoms with E-state index in [0.29, 0.717) is 26.6 Å². The molecular weight excluding hydrogens is 466 g/mol. The minimum atomic E-state index is -0.408. The van der Waals surface area contributed by atoms with Gasteiger partial charge in [-0.05, 0) is 51.8 Å². The minimum absolute atomic E-state index is 0.399. The maximum Gasteiger partial charge on any atom is 0.270 e. The number of fused-ring (bicyclic) bond motifs is 1. The van der Waals surface area contributed by atoms with E-state index in [2.05, 4.69) is 31.8 Å². The van der Waals surface area contributed by atoms with Gasteiger partial charge in [-0.25, -0.2) is 4.98 Å². The van der Waals surface area contributed by atoms with E-state index in [1.165, 1.54) is 11.8 Å². The molecule has 0 unspecified atom stereocenters. The zero-order valence-corrected chi connectivity index (χ0v) is 18.0. The van der Waals surface area contributed by atoms with Crippen molar-refractivity contribution in [1.29, 1.82) is 0 Å². The number of thioether (sulfide) groups is 1. The summed E-state index contributed by atoms with van der Waals surface area (Å²) in [5.41, 5.74) is 8.14. The van der Waals surface area contributed by atoms with E-state index in [1.807, 2.05) is 42.5 Å². The molecule has 0 bridgehead atoms. The molecule has 0 spiro atoms. The second-order valence-corrected chi connectivity index (χ2v) is 8.06. The number of para-hydroxylation sites is 2. The van der Waals surface area contributed by atoms with Crippen molar-refractivity contribution in [2.24, 2.45) is 0 Å². The van der Waals surface area contributed by atoms with E-state index in [1.54, 1.807) is 30.3 Å². The lowest BCUT2D eigenvalue weighted by atomic mass is 10.1. The highest BCUT2D eigenvalue weighted by Gasteiger charge is 2.15. The molecule has 2 amide bonds. The number of hydrogen-bond donors (Lipinski definition) is 2. The number of halogens is 1. The Balaban J connectivity index is 1.42. The third-order valence-corrected chi connectivity index (χ3v) is 5.86. The van der Waals surface area contributed by atoms with Gasteiger partial charge < -0.3 is 4.42 Å². The number of nitrogens with one attached hydrogen (secondary N) is 2. The molecular formula is C22H16BrN3O3S. The summed E-state index contributed by atoms with van der Waals surface area (Å²) in [5, 5.41) is 0.536. The topological polar surface area (TPSA) is 84.2 Å². The largest absolute Gasteiger partial charge is 0.431 e. The Labute approximate surface area is 185 Å². The molecule has 2 N–H and O–H groups in total. The SMILES string of the molecule is O=C(NNC(=O)c1ccccc1CSc1nc2ccccc2o1)c1ccccc1Br. The number of nitrogens with zero attached hydrogens (tertiary/aromatic N) is 1. The average molecular weight is 482 g/mol. The first-order valence-electron chi connectivity index (χ1n) is 9.03. The summed E-state index contributed by atoms with van der Waals surface area (Å²) in [6, 6.07) is 21.7. The monoisotopic (exact) mass is 481 g/mol. The number of amides is 2. The summed E-state index contributed by atoms with van der Waals surface area (Å²) in [6.45, 7) is 0. The smallest absolute Gasteiger partial charge is 0.270 e. The Morgan fingerprint density at radius 3 is 2.27 bits per heavy atom. The first kappa shape index (κ1) is 20.2. The number of hydrogen-bond acceptors (Lipinski definition) is 5. The quantitative estimate of drug-likeness (QED) is 0.311. The molecule has 3 aromatic carbocycles. The van der Waals surface area contributed by atoms with Crippen LogP contribution in [0.1, 0.15) is 26.3 Å². The lowest BCUT2D eigenvalue weighted by molar-refractivity contribution is 0.0846. The maximum absolute atomic E-state index is 12.7. The van der Waals surface area contributed by atoms with Crippen molar-refractivity contribution in [2.75, 3.05) is 0 Å². The molecule has 30 heavy (non-hydrogen) atoms. The first-order chi connectivity index (χ1) is 14.6. The third kappa shape index (κ3) is 4.55. The van der Waals surface area contributed by atoms with Gasteiger partial charge in [-0.15, -0.1) is 0 Å². The lowest BCUT2D eigenvalue weighted by Crippen LogP contribution is -2.42. The Hall–Kier alpha value is -3.10. The zero-order valence-electron chi connectivity index (χ0n) is 15.6. The van der Waals surface area contributed by atoms with Gasteiger partial charge in [0.15, 0.2) is 5.58 Å². The average Bonchev–Trinajstić information content (AvgIpc) is 3.19. The van der Waals surface area contributed by atoms with Crippen molar-refractivity contribution in [3.63, 3.8) is 0 Å². The lowest BCUT2D eigenvalue weighted by Gasteiger charge is -2.11. The Morgan fingerprint density at radius 2 is 1.50 bits per heavy atom. The van der Waals surface area contributed by atoms with E-state index in [4.69, 9.17) is 4.42 Å². The molecule has 150 valence electrons. The van der Waals surface area contributed by atoms with Crippen LogP contribution in [0.25, 0.3) is 11.1 Å². The predicted molar refractivity (Wildman–Crippen MR) is 119 cm³/mol. The molecule has 4 aromatic rings. The number of carbonyl (C=O) groups is 2. The Bertz CT molecular complexity index is 1190. The molecule has 0 saturated heterocycles. The minimum Gasteiger partial charge on any atom is -0.431 e. The molecule has 0 radical (unpaired) electrons. The standard InChI is InChI=1S/C22H16BrN3O3S/c23-17-10-4-3-9-16(17)21(28)26-25-20(27)15-8-2-1-7-14(15)13-30-22-24-18-11-5-6-12-19(18)29-22/h1-12H,13H2,(H,25,27)(H,26,28). The zero-order chi connectivity index (χ0) is 20.9. The molecule has 0 atom stereocenters. The van der Waals surface area contributed by atoms with Crippen molar-refractivity contribution in [3.05, 3.63) is 94.0 Å². The van der Waals surface area contributed by atoms with Crippen LogP contribution in [0.2, 0.25) is 0 Å². The van der Waals surface area contributed by atoms with Crippen molar-refractivity contribution >= 4 is 50.6 Å². The highest BCUT2D eigenvalue weighted by atomic mass is 79.9. The normalized spacial score (nSPS) is 10.7. The Kier molecular flexibility index (Phi) is 6.15. The fraction of sp³-hybridized carbons (Fsp3) is 0.0455. The first-order valence-corrected chi connectivity index (χ1v) is 10.8. The number of rotatable bonds is 5. The Morgan fingerprint density at radius 1 is 0.867 bits per heavy atom. The van der Waals surface area contributed by atoms with Gasteiger partial charge in [-0.1, -0.05) is 54.2 Å². The summed E-state index contributed by atoms with van der Waals surface area (Å²) < 4.78 is 6.36. The van der Waals surface area contributed by atoms with Crippen LogP contribution in [0.5, 0.6) is 0 Å². The van der Waals surface area contributed by atoms with E-state index in [-0.39, 0.29) is 0 Å². The second kappa shape index (κ2) is 9.15. The van der Waals surface area contributed by atoms with Crippen molar-refractivity contribution in [1.82, 2.24) is 15.8 Å². The number of oxazole rings is 1. The van der Waals surface area contributed by atoms with Gasteiger partial charge in [0.25, 0.3) is 17.0 Å². The molecule has 4 rings (SSSR count). The summed E-state index contributed by atoms with van der Waals surface area (Å²) in [5.74, 6) is -0.312. The molecule has 6 nitrogen and oxygen atoms in total. The van der Waals surface area contributed by atoms with Gasteiger partial charge in [0.05, 0.1) is 5.56 Å². The van der Waals surface area contributed by atoms with Crippen LogP contribution in [0.4, 0.5) is 0 Å². The fourth-order valence-corrected chi connectivity index (χ4v) is 4.12. The summed E-state index contributed by atoms with van der Waals surface area (Å²) in [7, 11) is 0. The van der Waals surface area contributed by atoms with Gasteiger partial charge in [-0.2, -0.15) is 0 Å². The van der Waals surface area contributed by atoms with Crippen molar-refractivity contribution < 1.29 is 14.0 Å². The fourth-order valence-electron chi connectivity index (χ4n) is 2.81. The molecule has 0 aliphatic rings. The van der Waals surface area contributed by atoms with Gasteiger partial charge in [0.2, 0.25) is 0 Å². The van der Waals surface area contributed by atoms with Gasteiger partial charge in [0, 0.05) is 15.8 Å². The van der Waals surface area contributed by atoms with Crippen LogP contribution in [0, 0.1) is 0 Å². The third-order valence-electron chi connectivity index (χ3n) is 4.30. The highest BCUT2D eigenvalue weighted by Crippen LogP contribution is 2.27. The molecule has 0 fully saturated rings. The van der Waals surface area contributed by atoms with E-state index >= 15 is 0 Å². The summed E-state index contributed by atoms with van der Waals surface area (Å²) >= 11 is 4.73. The summed E-state index contributed by atoms with van der Waals surface area (Å²) in [4.78, 5) is 29.4. The van der Waals surface area contributed by atoms with Crippen molar-refractivity contribution in [3.8, 4) is 0 Å². The van der Waals surface area contributed by atoms with Gasteiger partial charge in [-0.3, -0.25) is 20.4 Å². The molecule has 1 heterocycles. The van der Waals surface area contributed by atoms with Crippen LogP contribution in [0.3, 0.4) is 0 Å². The van der Waals surface area contributed by atoms with E-state index in [9.17, 15) is 9.59 Å². The number of aromatic nitrogens is 1. The molecule has 8 heteroatoms. The van der Waals surface area contributed by atoms with Crippen LogP contribution < -0.4 is 10.9 Å². The number of benzene rings is 3. The van der Waals surface area contributed by atoms with Crippen LogP contribution in [-0.2, 0) is 5.75 Å². The molecule has 0 aliphatic carbocycles. The van der Waals surface area contributed by atoms with Gasteiger partial charge >= 0.3 is 0 Å². The highest BCUT2D eigenvalue weighted by molar-refractivity contribution is 9.10. The molecule has 0 aliphatic heterocycles. The van der Waals surface area contributed by atoms with Crippen LogP contribution in [-0.4, -0.2) is 16.8 Å². The van der Waals surface area contributed by atoms with Gasteiger partial charge in [0.1, 0.15) is 5.52 Å². The summed E-state index contributed by atoms with van der Waals surface area (Å²) in [6.07, 6.45) is 0. The van der Waals surface area contributed by atoms with Crippen LogP contribution in [0.15, 0.2) is 86.9 Å². The van der Waals surface area contributed by atoms with E-state index in [0.717, 1.165) is 16.7 Å². The predicted octanol–water partition coefficient (Wildman–Crippen LogP) is 4.96. The number of carbonyl (C=O) groups excluding carboxylic acids is 2. The molecule has 1 aromatic heterocycles. The molecule has 0 saturated carbocycles. The second-order valence-electron chi connectivity index (χ2n) is 6.28. The number of hydrazine groups is 1. The van der Waals surface area contributed by atoms with E-state index < -0.39 is 11.8 Å². The van der Waals surface area contributed by atoms with Crippen molar-refractivity contribution in [2.45, 2.75) is 11.0 Å². The van der Waals surface area contributed by atoms with Crippen LogP contribution >= 0.6 is 27.7 Å². The maximum atomic E-state index is 12.7.